The first kappa shape index (κ1) is 24.5. The number of hydrogen-bond donors (Lipinski definition) is 3. The number of carboxylic acid groups (broad SMARTS) is 1. The quantitative estimate of drug-likeness (QED) is 0.312. The van der Waals surface area contributed by atoms with Gasteiger partial charge in [-0.1, -0.05) is 6.07 Å². The van der Waals surface area contributed by atoms with E-state index in [-0.39, 0.29) is 10.9 Å². The fraction of sp³-hybridized carbons (Fsp3) is 0.276. The van der Waals surface area contributed by atoms with E-state index in [0.29, 0.717) is 63.1 Å². The Labute approximate surface area is 226 Å². The molecule has 204 valence electrons. The van der Waals surface area contributed by atoms with Crippen LogP contribution in [0.25, 0.3) is 38.6 Å². The van der Waals surface area contributed by atoms with Crippen molar-refractivity contribution >= 4 is 44.8 Å². The van der Waals surface area contributed by atoms with Crippen molar-refractivity contribution in [3.05, 3.63) is 70.3 Å². The summed E-state index contributed by atoms with van der Waals surface area (Å²) < 4.78 is 31.7. The van der Waals surface area contributed by atoms with E-state index in [1.165, 1.54) is 10.5 Å². The van der Waals surface area contributed by atoms with Gasteiger partial charge in [-0.2, -0.15) is 0 Å². The molecule has 0 spiro atoms. The monoisotopic (exact) mass is 544 g/mol. The Hall–Kier alpha value is -4.51. The Bertz CT molecular complexity index is 1930. The number of halogens is 2. The molecule has 6 heterocycles. The summed E-state index contributed by atoms with van der Waals surface area (Å²) in [6, 6.07) is 7.88. The molecule has 0 radical (unpaired) electrons. The Morgan fingerprint density at radius 2 is 1.98 bits per heavy atom. The Kier molecular flexibility index (Phi) is 5.36. The second kappa shape index (κ2) is 8.75. The lowest BCUT2D eigenvalue weighted by Gasteiger charge is -2.26. The summed E-state index contributed by atoms with van der Waals surface area (Å²) >= 11 is 0. The minimum atomic E-state index is -1.31. The number of carboxylic acids is 1. The number of nitrogens with zero attached hydrogens (tertiary/aromatic N) is 4. The highest BCUT2D eigenvalue weighted by atomic mass is 19.2. The maximum absolute atomic E-state index is 15.6. The van der Waals surface area contributed by atoms with Crippen LogP contribution in [-0.2, 0) is 0 Å². The molecule has 3 N–H and O–H groups in total. The molecule has 9 nitrogen and oxygen atoms in total. The van der Waals surface area contributed by atoms with Crippen molar-refractivity contribution in [1.29, 1.82) is 0 Å². The van der Waals surface area contributed by atoms with Crippen molar-refractivity contribution < 1.29 is 18.7 Å². The smallest absolute Gasteiger partial charge is 0.341 e. The van der Waals surface area contributed by atoms with Crippen LogP contribution in [0.5, 0.6) is 0 Å². The van der Waals surface area contributed by atoms with Gasteiger partial charge in [0.1, 0.15) is 11.2 Å². The number of likely N-dealkylation sites (tertiary alicyclic amines) is 1. The van der Waals surface area contributed by atoms with E-state index >= 15 is 4.39 Å². The number of likely N-dealkylation sites (N-methyl/N-ethyl adjacent to an activating group) is 1. The molecule has 0 amide bonds. The summed E-state index contributed by atoms with van der Waals surface area (Å²) in [7, 11) is 3.75. The molecule has 40 heavy (non-hydrogen) atoms. The van der Waals surface area contributed by atoms with Crippen molar-refractivity contribution in [3.8, 4) is 11.1 Å². The molecular weight excluding hydrogens is 518 g/mol. The van der Waals surface area contributed by atoms with Gasteiger partial charge < -0.3 is 25.2 Å². The lowest BCUT2D eigenvalue weighted by Crippen LogP contribution is -2.32. The number of carbonyl (C=O) groups is 1. The highest BCUT2D eigenvalue weighted by molar-refractivity contribution is 6.18. The van der Waals surface area contributed by atoms with Crippen LogP contribution in [0, 0.1) is 17.6 Å². The van der Waals surface area contributed by atoms with E-state index in [1.807, 2.05) is 6.07 Å². The van der Waals surface area contributed by atoms with Crippen LogP contribution in [0.1, 0.15) is 16.8 Å². The molecule has 0 saturated carbocycles. The van der Waals surface area contributed by atoms with Gasteiger partial charge in [0.05, 0.1) is 27.7 Å². The van der Waals surface area contributed by atoms with E-state index in [9.17, 15) is 19.1 Å². The number of rotatable bonds is 4. The number of pyridine rings is 3. The number of aromatic carboxylic acids is 1. The lowest BCUT2D eigenvalue weighted by atomic mass is 10.0. The van der Waals surface area contributed by atoms with Crippen molar-refractivity contribution in [2.45, 2.75) is 12.5 Å². The summed E-state index contributed by atoms with van der Waals surface area (Å²) in [5, 5.41) is 13.0. The van der Waals surface area contributed by atoms with Gasteiger partial charge in [0.2, 0.25) is 0 Å². The normalized spacial score (nSPS) is 19.2. The minimum absolute atomic E-state index is 0.111. The number of aromatic amines is 1. The predicted octanol–water partition coefficient (Wildman–Crippen LogP) is 4.15. The van der Waals surface area contributed by atoms with Crippen LogP contribution < -0.4 is 15.8 Å². The Balaban J connectivity index is 1.54. The third-order valence-corrected chi connectivity index (χ3v) is 8.57. The number of benzene rings is 1. The maximum Gasteiger partial charge on any atom is 0.341 e. The Morgan fingerprint density at radius 1 is 1.18 bits per heavy atom. The number of nitrogens with one attached hydrogen (secondary N) is 2. The van der Waals surface area contributed by atoms with Crippen LogP contribution in [0.2, 0.25) is 0 Å². The van der Waals surface area contributed by atoms with Crippen molar-refractivity contribution in [3.63, 3.8) is 0 Å². The molecule has 0 bridgehead atoms. The van der Waals surface area contributed by atoms with E-state index in [4.69, 9.17) is 0 Å². The van der Waals surface area contributed by atoms with Crippen LogP contribution in [-0.4, -0.2) is 70.1 Å². The standard InChI is InChI=1S/C29H26F2N6O3/c1-32-20-9-19(30)24(31)22-23-26(36-11-15-7-8-35(2)21(15)13-36)18(10-33-27(23)34-25(20)22)14-3-4-16-5-6-17(29(39)40)28(38)37(16)12-14/h3-6,9-10,12,15,21,32H,7-8,11,13H2,1-2H3,(H,33,34)(H,39,40)/t15-,21+/m0/s1. The maximum atomic E-state index is 15.6. The molecule has 2 aliphatic rings. The van der Waals surface area contributed by atoms with Crippen molar-refractivity contribution in [2.24, 2.45) is 5.92 Å². The summed E-state index contributed by atoms with van der Waals surface area (Å²) in [5.41, 5.74) is 2.73. The number of hydrogen-bond acceptors (Lipinski definition) is 6. The molecular formula is C29H26F2N6O3. The fourth-order valence-electron chi connectivity index (χ4n) is 6.55. The van der Waals surface area contributed by atoms with Crippen LogP contribution in [0.15, 0.2) is 47.5 Å². The highest BCUT2D eigenvalue weighted by Gasteiger charge is 2.41. The van der Waals surface area contributed by atoms with Crippen molar-refractivity contribution in [2.75, 3.05) is 43.9 Å². The number of fused-ring (bicyclic) bond motifs is 5. The summed E-state index contributed by atoms with van der Waals surface area (Å²) in [4.78, 5) is 37.0. The van der Waals surface area contributed by atoms with Crippen LogP contribution in [0.3, 0.4) is 0 Å². The fourth-order valence-corrected chi connectivity index (χ4v) is 6.55. The third kappa shape index (κ3) is 3.43. The second-order valence-corrected chi connectivity index (χ2v) is 10.7. The molecule has 11 heteroatoms. The molecule has 4 aromatic heterocycles. The average Bonchev–Trinajstić information content (AvgIpc) is 3.64. The molecule has 2 saturated heterocycles. The van der Waals surface area contributed by atoms with Gasteiger partial charge in [-0.3, -0.25) is 9.20 Å². The first-order valence-electron chi connectivity index (χ1n) is 13.1. The van der Waals surface area contributed by atoms with Gasteiger partial charge in [-0.05, 0) is 44.1 Å². The van der Waals surface area contributed by atoms with Gasteiger partial charge >= 0.3 is 5.97 Å². The lowest BCUT2D eigenvalue weighted by molar-refractivity contribution is 0.0694. The third-order valence-electron chi connectivity index (χ3n) is 8.57. The highest BCUT2D eigenvalue weighted by Crippen LogP contribution is 2.45. The number of aromatic nitrogens is 3. The molecule has 7 rings (SSSR count). The van der Waals surface area contributed by atoms with Crippen molar-refractivity contribution in [1.82, 2.24) is 19.3 Å². The van der Waals surface area contributed by atoms with Crippen LogP contribution >= 0.6 is 0 Å². The number of anilines is 2. The van der Waals surface area contributed by atoms with E-state index < -0.39 is 23.2 Å². The summed E-state index contributed by atoms with van der Waals surface area (Å²) in [6.07, 6.45) is 4.31. The van der Waals surface area contributed by atoms with Gasteiger partial charge in [0.15, 0.2) is 11.6 Å². The van der Waals surface area contributed by atoms with E-state index in [2.05, 4.69) is 32.1 Å². The molecule has 0 aliphatic carbocycles. The first-order valence-corrected chi connectivity index (χ1v) is 13.1. The SMILES string of the molecule is CNc1cc(F)c(F)c2c1[nH]c1ncc(-c3ccc4ccc(C(=O)O)c(=O)n4c3)c(N3C[C@@H]4CCN(C)[C@@H]4C3)c12. The van der Waals surface area contributed by atoms with E-state index in [0.717, 1.165) is 25.6 Å². The minimum Gasteiger partial charge on any atom is -0.477 e. The molecule has 2 fully saturated rings. The number of H-pyrrole nitrogens is 1. The summed E-state index contributed by atoms with van der Waals surface area (Å²) in [6.45, 7) is 2.45. The molecule has 5 aromatic rings. The second-order valence-electron chi connectivity index (χ2n) is 10.7. The first-order chi connectivity index (χ1) is 19.3. The largest absolute Gasteiger partial charge is 0.477 e. The van der Waals surface area contributed by atoms with Gasteiger partial charge in [-0.15, -0.1) is 0 Å². The molecule has 2 atom stereocenters. The predicted molar refractivity (Wildman–Crippen MR) is 149 cm³/mol. The molecule has 1 aromatic carbocycles. The average molecular weight is 545 g/mol. The topological polar surface area (TPSA) is 106 Å². The molecule has 0 unspecified atom stereocenters. The van der Waals surface area contributed by atoms with Gasteiger partial charge in [-0.25, -0.2) is 18.6 Å². The zero-order valence-electron chi connectivity index (χ0n) is 21.8. The summed E-state index contributed by atoms with van der Waals surface area (Å²) in [5.74, 6) is -2.81. The van der Waals surface area contributed by atoms with Crippen LogP contribution in [0.4, 0.5) is 20.2 Å². The molecule has 2 aliphatic heterocycles. The van der Waals surface area contributed by atoms with E-state index in [1.54, 1.807) is 31.6 Å². The zero-order valence-corrected chi connectivity index (χ0v) is 21.8. The zero-order chi connectivity index (χ0) is 27.9. The van der Waals surface area contributed by atoms with Gasteiger partial charge in [0, 0.05) is 61.3 Å². The Morgan fingerprint density at radius 3 is 2.73 bits per heavy atom. The van der Waals surface area contributed by atoms with Gasteiger partial charge in [0.25, 0.3) is 5.56 Å².